The third-order valence-electron chi connectivity index (χ3n) is 8.07. The Morgan fingerprint density at radius 1 is 0.776 bits per heavy atom. The minimum Gasteiger partial charge on any atom is -0.449 e. The molecule has 0 bridgehead atoms. The Labute approximate surface area is 288 Å². The van der Waals surface area contributed by atoms with Gasteiger partial charge in [0.25, 0.3) is 0 Å². The van der Waals surface area contributed by atoms with Crippen molar-refractivity contribution in [2.45, 2.75) is 71.1 Å². The lowest BCUT2D eigenvalue weighted by molar-refractivity contribution is -0.123. The zero-order valence-electron chi connectivity index (χ0n) is 28.8. The molecule has 1 aliphatic carbocycles. The molecular weight excluding hydrogens is 624 g/mol. The minimum atomic E-state index is -0.891. The average Bonchev–Trinajstić information content (AvgIpc) is 3.40. The highest BCUT2D eigenvalue weighted by Gasteiger charge is 2.30. The number of nitrogens with zero attached hydrogens (tertiary/aromatic N) is 1. The van der Waals surface area contributed by atoms with Gasteiger partial charge in [-0.3, -0.25) is 4.79 Å². The fourth-order valence-corrected chi connectivity index (χ4v) is 5.66. The smallest absolute Gasteiger partial charge is 0.410 e. The molecule has 11 heteroatoms. The monoisotopic (exact) mass is 672 g/mol. The standard InChI is InChI=1S/C38H48N4O7/c1-5-42(37(46)48-25-27-15-7-6-8-16-27)24-23-39-34(43)33(21-13-14-22-40-35(44)49-38(2,3)4)41-36(45)47-26-32-30-19-11-9-17-28(30)29-18-10-12-20-31(29)32/h6-12,15-20,32-33H,5,13-14,21-26H2,1-4H3,(H,39,43)(H,40,44)(H,41,45)/t33-/m0/s1. The van der Waals surface area contributed by atoms with Gasteiger partial charge in [0.2, 0.25) is 5.91 Å². The first kappa shape index (κ1) is 36.8. The number of benzene rings is 3. The average molecular weight is 673 g/mol. The molecule has 262 valence electrons. The highest BCUT2D eigenvalue weighted by molar-refractivity contribution is 5.85. The van der Waals surface area contributed by atoms with E-state index in [1.165, 1.54) is 4.90 Å². The van der Waals surface area contributed by atoms with E-state index in [1.807, 2.05) is 73.7 Å². The van der Waals surface area contributed by atoms with Crippen molar-refractivity contribution in [3.05, 3.63) is 95.6 Å². The van der Waals surface area contributed by atoms with E-state index in [4.69, 9.17) is 14.2 Å². The van der Waals surface area contributed by atoms with Crippen LogP contribution in [-0.2, 0) is 25.6 Å². The summed E-state index contributed by atoms with van der Waals surface area (Å²) >= 11 is 0. The van der Waals surface area contributed by atoms with E-state index in [0.717, 1.165) is 27.8 Å². The lowest BCUT2D eigenvalue weighted by atomic mass is 9.98. The number of unbranched alkanes of at least 4 members (excludes halogenated alkanes) is 1. The molecular formula is C38H48N4O7. The summed E-state index contributed by atoms with van der Waals surface area (Å²) in [5, 5.41) is 8.30. The minimum absolute atomic E-state index is 0.116. The van der Waals surface area contributed by atoms with E-state index in [2.05, 4.69) is 28.1 Å². The normalized spacial score (nSPS) is 12.6. The third kappa shape index (κ3) is 11.3. The summed E-state index contributed by atoms with van der Waals surface area (Å²) in [5.74, 6) is -0.520. The van der Waals surface area contributed by atoms with E-state index in [0.29, 0.717) is 32.4 Å². The molecule has 49 heavy (non-hydrogen) atoms. The molecule has 11 nitrogen and oxygen atoms in total. The summed E-state index contributed by atoms with van der Waals surface area (Å²) in [7, 11) is 0. The number of fused-ring (bicyclic) bond motifs is 3. The molecule has 3 N–H and O–H groups in total. The highest BCUT2D eigenvalue weighted by atomic mass is 16.6. The van der Waals surface area contributed by atoms with Crippen LogP contribution >= 0.6 is 0 Å². The number of hydrogen-bond donors (Lipinski definition) is 3. The van der Waals surface area contributed by atoms with E-state index >= 15 is 0 Å². The zero-order valence-corrected chi connectivity index (χ0v) is 28.8. The van der Waals surface area contributed by atoms with E-state index < -0.39 is 35.8 Å². The van der Waals surface area contributed by atoms with Crippen molar-refractivity contribution in [3.63, 3.8) is 0 Å². The van der Waals surface area contributed by atoms with Crippen LogP contribution in [0.3, 0.4) is 0 Å². The van der Waals surface area contributed by atoms with Gasteiger partial charge in [-0.25, -0.2) is 14.4 Å². The van der Waals surface area contributed by atoms with E-state index in [9.17, 15) is 19.2 Å². The van der Waals surface area contributed by atoms with Crippen LogP contribution in [0.5, 0.6) is 0 Å². The largest absolute Gasteiger partial charge is 0.449 e. The third-order valence-corrected chi connectivity index (χ3v) is 8.07. The molecule has 0 saturated carbocycles. The van der Waals surface area contributed by atoms with Gasteiger partial charge in [0.05, 0.1) is 0 Å². The van der Waals surface area contributed by atoms with Gasteiger partial charge < -0.3 is 35.1 Å². The van der Waals surface area contributed by atoms with Crippen molar-refractivity contribution >= 4 is 24.2 Å². The zero-order chi connectivity index (χ0) is 35.2. The Morgan fingerprint density at radius 2 is 1.41 bits per heavy atom. The summed E-state index contributed by atoms with van der Waals surface area (Å²) in [5.41, 5.74) is 4.69. The second-order valence-corrected chi connectivity index (χ2v) is 12.9. The van der Waals surface area contributed by atoms with Crippen LogP contribution in [0.1, 0.15) is 69.6 Å². The lowest BCUT2D eigenvalue weighted by Gasteiger charge is -2.23. The molecule has 0 aliphatic heterocycles. The first-order valence-corrected chi connectivity index (χ1v) is 16.9. The lowest BCUT2D eigenvalue weighted by Crippen LogP contribution is -2.49. The number of amides is 4. The van der Waals surface area contributed by atoms with Crippen molar-refractivity contribution in [1.29, 1.82) is 0 Å². The van der Waals surface area contributed by atoms with Gasteiger partial charge in [-0.1, -0.05) is 78.9 Å². The van der Waals surface area contributed by atoms with Crippen molar-refractivity contribution in [2.24, 2.45) is 0 Å². The summed E-state index contributed by atoms with van der Waals surface area (Å²) in [6, 6.07) is 24.6. The second-order valence-electron chi connectivity index (χ2n) is 12.9. The Morgan fingerprint density at radius 3 is 2.04 bits per heavy atom. The number of alkyl carbamates (subject to hydrolysis) is 2. The number of nitrogens with one attached hydrogen (secondary N) is 3. The van der Waals surface area contributed by atoms with Crippen molar-refractivity contribution in [2.75, 3.05) is 32.8 Å². The molecule has 0 spiro atoms. The molecule has 0 radical (unpaired) electrons. The molecule has 1 atom stereocenters. The van der Waals surface area contributed by atoms with Gasteiger partial charge in [-0.2, -0.15) is 0 Å². The first-order chi connectivity index (χ1) is 23.6. The summed E-state index contributed by atoms with van der Waals surface area (Å²) in [6.07, 6.45) is -0.291. The topological polar surface area (TPSA) is 135 Å². The van der Waals surface area contributed by atoms with Crippen LogP contribution < -0.4 is 16.0 Å². The maximum absolute atomic E-state index is 13.3. The predicted molar refractivity (Wildman–Crippen MR) is 187 cm³/mol. The number of carbonyl (C=O) groups is 4. The van der Waals surface area contributed by atoms with Gasteiger partial charge in [0, 0.05) is 32.1 Å². The molecule has 0 aromatic heterocycles. The van der Waals surface area contributed by atoms with Crippen molar-refractivity contribution in [1.82, 2.24) is 20.9 Å². The molecule has 4 amide bonds. The second kappa shape index (κ2) is 17.9. The number of hydrogen-bond acceptors (Lipinski definition) is 7. The summed E-state index contributed by atoms with van der Waals surface area (Å²) in [4.78, 5) is 52.6. The molecule has 0 saturated heterocycles. The van der Waals surface area contributed by atoms with Crippen LogP contribution in [0.4, 0.5) is 14.4 Å². The van der Waals surface area contributed by atoms with Crippen molar-refractivity contribution in [3.8, 4) is 11.1 Å². The fraction of sp³-hybridized carbons (Fsp3) is 0.421. The number of rotatable bonds is 15. The summed E-state index contributed by atoms with van der Waals surface area (Å²) in [6.45, 7) is 8.61. The maximum Gasteiger partial charge on any atom is 0.410 e. The Bertz CT molecular complexity index is 1510. The molecule has 0 unspecified atom stereocenters. The van der Waals surface area contributed by atoms with Gasteiger partial charge in [0.1, 0.15) is 24.9 Å². The Hall–Kier alpha value is -5.06. The van der Waals surface area contributed by atoms with Crippen molar-refractivity contribution < 1.29 is 33.4 Å². The number of ether oxygens (including phenoxy) is 3. The maximum atomic E-state index is 13.3. The number of carbonyl (C=O) groups excluding carboxylic acids is 4. The quantitative estimate of drug-likeness (QED) is 0.126. The van der Waals surface area contributed by atoms with Gasteiger partial charge in [-0.15, -0.1) is 0 Å². The predicted octanol–water partition coefficient (Wildman–Crippen LogP) is 6.36. The van der Waals surface area contributed by atoms with Gasteiger partial charge in [0.15, 0.2) is 0 Å². The fourth-order valence-electron chi connectivity index (χ4n) is 5.66. The SMILES string of the molecule is CCN(CCNC(=O)[C@H](CCCCNC(=O)OC(C)(C)C)NC(=O)OCC1c2ccccc2-c2ccccc21)C(=O)OCc1ccccc1. The van der Waals surface area contributed by atoms with Crippen LogP contribution in [0.2, 0.25) is 0 Å². The van der Waals surface area contributed by atoms with Gasteiger partial charge >= 0.3 is 18.3 Å². The summed E-state index contributed by atoms with van der Waals surface area (Å²) < 4.78 is 16.4. The molecule has 1 aliphatic rings. The molecule has 4 rings (SSSR count). The van der Waals surface area contributed by atoms with E-state index in [-0.39, 0.29) is 32.2 Å². The van der Waals surface area contributed by atoms with Crippen LogP contribution in [0.15, 0.2) is 78.9 Å². The highest BCUT2D eigenvalue weighted by Crippen LogP contribution is 2.44. The van der Waals surface area contributed by atoms with E-state index in [1.54, 1.807) is 20.8 Å². The van der Waals surface area contributed by atoms with Gasteiger partial charge in [-0.05, 0) is 74.8 Å². The van der Waals surface area contributed by atoms with Crippen LogP contribution in [0.25, 0.3) is 11.1 Å². The molecule has 0 fully saturated rings. The molecule has 3 aromatic carbocycles. The Balaban J connectivity index is 1.30. The first-order valence-electron chi connectivity index (χ1n) is 16.9. The number of likely N-dealkylation sites (N-methyl/N-ethyl adjacent to an activating group) is 1. The van der Waals surface area contributed by atoms with Crippen LogP contribution in [0, 0.1) is 0 Å². The molecule has 0 heterocycles. The Kier molecular flexibility index (Phi) is 13.4. The molecule has 3 aromatic rings. The van der Waals surface area contributed by atoms with Crippen LogP contribution in [-0.4, -0.2) is 73.5 Å².